The minimum atomic E-state index is -1.12. The predicted molar refractivity (Wildman–Crippen MR) is 118 cm³/mol. The molecule has 0 bridgehead atoms. The van der Waals surface area contributed by atoms with Gasteiger partial charge in [-0.05, 0) is 48.2 Å². The van der Waals surface area contributed by atoms with Crippen LogP contribution in [0, 0.1) is 5.92 Å². The summed E-state index contributed by atoms with van der Waals surface area (Å²) in [5, 5.41) is 14.3. The van der Waals surface area contributed by atoms with E-state index in [2.05, 4.69) is 18.8 Å². The number of carbonyl (C=O) groups excluding carboxylic acids is 2. The maximum atomic E-state index is 12.5. The number of rotatable bonds is 12. The van der Waals surface area contributed by atoms with Crippen LogP contribution in [-0.4, -0.2) is 35.9 Å². The van der Waals surface area contributed by atoms with Gasteiger partial charge in [-0.3, -0.25) is 4.79 Å². The fraction of sp³-hybridized carbons (Fsp3) is 0.360. The maximum absolute atomic E-state index is 12.5. The van der Waals surface area contributed by atoms with Gasteiger partial charge in [-0.25, -0.2) is 0 Å². The standard InChI is InChI=1S/C25H30N2O4/c1-17(2)12-14-31-20-9-7-18(8-10-20)24(28)11-13-26-23(25(29)30)15-19-16-27-22-6-4-3-5-21(19)22/h3-10,16-17,23,26-27H,11-15H2,1-2H3,(H,29,30). The molecule has 31 heavy (non-hydrogen) atoms. The van der Waals surface area contributed by atoms with Crippen molar-refractivity contribution in [1.82, 2.24) is 4.98 Å². The number of para-hydroxylation sites is 1. The first kappa shape index (κ1) is 22.6. The van der Waals surface area contributed by atoms with Gasteiger partial charge in [0.05, 0.1) is 25.5 Å². The molecular weight excluding hydrogens is 392 g/mol. The number of hydrogen-bond donors (Lipinski definition) is 2. The van der Waals surface area contributed by atoms with Crippen LogP contribution >= 0.6 is 0 Å². The molecule has 1 atom stereocenters. The number of H-pyrrole nitrogens is 1. The molecule has 0 saturated heterocycles. The van der Waals surface area contributed by atoms with Crippen molar-refractivity contribution in [1.29, 1.82) is 0 Å². The highest BCUT2D eigenvalue weighted by Gasteiger charge is 2.17. The van der Waals surface area contributed by atoms with Crippen LogP contribution in [0.4, 0.5) is 0 Å². The maximum Gasteiger partial charge on any atom is 0.168 e. The van der Waals surface area contributed by atoms with Gasteiger partial charge in [-0.1, -0.05) is 32.0 Å². The smallest absolute Gasteiger partial charge is 0.168 e. The molecule has 1 heterocycles. The summed E-state index contributed by atoms with van der Waals surface area (Å²) in [7, 11) is 0. The Morgan fingerprint density at radius 2 is 1.84 bits per heavy atom. The topological polar surface area (TPSA) is 98.8 Å². The van der Waals surface area contributed by atoms with Crippen molar-refractivity contribution in [2.45, 2.75) is 39.2 Å². The first-order chi connectivity index (χ1) is 14.9. The Labute approximate surface area is 182 Å². The van der Waals surface area contributed by atoms with E-state index in [1.807, 2.05) is 30.5 Å². The van der Waals surface area contributed by atoms with Gasteiger partial charge >= 0.3 is 0 Å². The van der Waals surface area contributed by atoms with Crippen molar-refractivity contribution < 1.29 is 24.7 Å². The number of carbonyl (C=O) groups is 2. The van der Waals surface area contributed by atoms with E-state index < -0.39 is 12.0 Å². The van der Waals surface area contributed by atoms with Crippen LogP contribution in [0.3, 0.4) is 0 Å². The molecule has 164 valence electrons. The zero-order valence-electron chi connectivity index (χ0n) is 18.1. The number of aliphatic carboxylic acids is 1. The summed E-state index contributed by atoms with van der Waals surface area (Å²) in [6.45, 7) is 5.33. The molecule has 6 nitrogen and oxygen atoms in total. The summed E-state index contributed by atoms with van der Waals surface area (Å²) in [5.74, 6) is 0.187. The van der Waals surface area contributed by atoms with E-state index in [1.165, 1.54) is 0 Å². The molecule has 0 fully saturated rings. The molecule has 0 radical (unpaired) electrons. The van der Waals surface area contributed by atoms with E-state index in [9.17, 15) is 14.7 Å². The Balaban J connectivity index is 1.50. The number of aromatic nitrogens is 1. The molecular formula is C25H30N2O4. The molecule has 3 N–H and O–H groups in total. The second-order valence-electron chi connectivity index (χ2n) is 8.24. The van der Waals surface area contributed by atoms with Crippen molar-refractivity contribution in [3.63, 3.8) is 0 Å². The van der Waals surface area contributed by atoms with Crippen molar-refractivity contribution in [3.05, 3.63) is 65.9 Å². The number of Topliss-reactive ketones (excluding diaryl/α,β-unsaturated/α-hetero) is 1. The number of nitrogens with two attached hydrogens (primary N) is 1. The molecule has 3 rings (SSSR count). The highest BCUT2D eigenvalue weighted by atomic mass is 16.5. The Morgan fingerprint density at radius 1 is 1.10 bits per heavy atom. The van der Waals surface area contributed by atoms with Crippen LogP contribution < -0.4 is 15.2 Å². The molecule has 1 aromatic heterocycles. The van der Waals surface area contributed by atoms with E-state index in [0.717, 1.165) is 28.6 Å². The summed E-state index contributed by atoms with van der Waals surface area (Å²) in [6.07, 6.45) is 3.41. The van der Waals surface area contributed by atoms with Crippen molar-refractivity contribution in [2.24, 2.45) is 5.92 Å². The van der Waals surface area contributed by atoms with Gasteiger partial charge in [0.15, 0.2) is 5.78 Å². The molecule has 0 aliphatic carbocycles. The second kappa shape index (κ2) is 10.8. The van der Waals surface area contributed by atoms with E-state index >= 15 is 0 Å². The molecule has 3 aromatic rings. The third-order valence-corrected chi connectivity index (χ3v) is 5.38. The number of aromatic amines is 1. The number of nitrogens with one attached hydrogen (secondary N) is 1. The van der Waals surface area contributed by atoms with Gasteiger partial charge in [-0.15, -0.1) is 0 Å². The highest BCUT2D eigenvalue weighted by molar-refractivity contribution is 5.96. The number of quaternary nitrogens is 1. The van der Waals surface area contributed by atoms with Crippen LogP contribution in [0.1, 0.15) is 42.6 Å². The van der Waals surface area contributed by atoms with Crippen molar-refractivity contribution in [2.75, 3.05) is 13.2 Å². The number of fused-ring (bicyclic) bond motifs is 1. The first-order valence-electron chi connectivity index (χ1n) is 10.8. The minimum absolute atomic E-state index is 0.0193. The summed E-state index contributed by atoms with van der Waals surface area (Å²) in [6, 6.07) is 14.2. The lowest BCUT2D eigenvalue weighted by Gasteiger charge is -2.16. The first-order valence-corrected chi connectivity index (χ1v) is 10.8. The van der Waals surface area contributed by atoms with E-state index in [0.29, 0.717) is 31.1 Å². The molecule has 2 aromatic carbocycles. The molecule has 6 heteroatoms. The molecule has 0 aliphatic heterocycles. The zero-order valence-corrected chi connectivity index (χ0v) is 18.1. The van der Waals surface area contributed by atoms with E-state index in [4.69, 9.17) is 4.74 Å². The number of ketones is 1. The third kappa shape index (κ3) is 6.43. The molecule has 0 spiro atoms. The summed E-state index contributed by atoms with van der Waals surface area (Å²) in [5.41, 5.74) is 2.51. The predicted octanol–water partition coefficient (Wildman–Crippen LogP) is 2.09. The lowest BCUT2D eigenvalue weighted by Crippen LogP contribution is -2.93. The Kier molecular flexibility index (Phi) is 7.84. The number of carboxylic acid groups (broad SMARTS) is 1. The van der Waals surface area contributed by atoms with Crippen LogP contribution in [-0.2, 0) is 11.2 Å². The van der Waals surface area contributed by atoms with Crippen LogP contribution in [0.5, 0.6) is 5.75 Å². The number of ether oxygens (including phenoxy) is 1. The van der Waals surface area contributed by atoms with Gasteiger partial charge in [0.2, 0.25) is 0 Å². The van der Waals surface area contributed by atoms with Crippen LogP contribution in [0.15, 0.2) is 54.7 Å². The van der Waals surface area contributed by atoms with Gasteiger partial charge in [-0.2, -0.15) is 0 Å². The summed E-state index contributed by atoms with van der Waals surface area (Å²) in [4.78, 5) is 27.3. The lowest BCUT2D eigenvalue weighted by molar-refractivity contribution is -0.682. The second-order valence-corrected chi connectivity index (χ2v) is 8.24. The SMILES string of the molecule is CC(C)CCOc1ccc(C(=O)CC[NH2+]C(Cc2c[nH]c3ccccc23)C(=O)[O-])cc1. The fourth-order valence-corrected chi connectivity index (χ4v) is 3.51. The number of benzene rings is 2. The van der Waals surface area contributed by atoms with Crippen molar-refractivity contribution in [3.8, 4) is 5.75 Å². The Hall–Kier alpha value is -3.12. The summed E-state index contributed by atoms with van der Waals surface area (Å²) >= 11 is 0. The quantitative estimate of drug-likeness (QED) is 0.437. The highest BCUT2D eigenvalue weighted by Crippen LogP contribution is 2.18. The number of carboxylic acids is 1. The molecule has 0 amide bonds. The van der Waals surface area contributed by atoms with E-state index in [1.54, 1.807) is 29.6 Å². The summed E-state index contributed by atoms with van der Waals surface area (Å²) < 4.78 is 5.68. The monoisotopic (exact) mass is 422 g/mol. The van der Waals surface area contributed by atoms with E-state index in [-0.39, 0.29) is 12.2 Å². The average molecular weight is 423 g/mol. The minimum Gasteiger partial charge on any atom is -0.544 e. The number of hydrogen-bond acceptors (Lipinski definition) is 4. The molecule has 1 unspecified atom stereocenters. The lowest BCUT2D eigenvalue weighted by atomic mass is 10.0. The zero-order chi connectivity index (χ0) is 22.2. The van der Waals surface area contributed by atoms with Crippen molar-refractivity contribution >= 4 is 22.7 Å². The fourth-order valence-electron chi connectivity index (χ4n) is 3.51. The largest absolute Gasteiger partial charge is 0.544 e. The third-order valence-electron chi connectivity index (χ3n) is 5.38. The normalized spacial score (nSPS) is 12.2. The van der Waals surface area contributed by atoms with Gasteiger partial charge < -0.3 is 24.9 Å². The van der Waals surface area contributed by atoms with Gasteiger partial charge in [0.25, 0.3) is 0 Å². The average Bonchev–Trinajstić information content (AvgIpc) is 3.16. The Bertz CT molecular complexity index is 1010. The molecule has 0 aliphatic rings. The van der Waals surface area contributed by atoms with Crippen LogP contribution in [0.2, 0.25) is 0 Å². The van der Waals surface area contributed by atoms with Gasteiger partial charge in [0, 0.05) is 29.1 Å². The Morgan fingerprint density at radius 3 is 2.55 bits per heavy atom. The molecule has 0 saturated carbocycles. The van der Waals surface area contributed by atoms with Gasteiger partial charge in [0.1, 0.15) is 11.8 Å². The van der Waals surface area contributed by atoms with Crippen LogP contribution in [0.25, 0.3) is 10.9 Å².